The van der Waals surface area contributed by atoms with Gasteiger partial charge in [-0.25, -0.2) is 0 Å². The Bertz CT molecular complexity index is 287. The Morgan fingerprint density at radius 1 is 1.22 bits per heavy atom. The van der Waals surface area contributed by atoms with Crippen LogP contribution in [0, 0.1) is 0 Å². The zero-order valence-electron chi connectivity index (χ0n) is 11.8. The summed E-state index contributed by atoms with van der Waals surface area (Å²) >= 11 is 0. The van der Waals surface area contributed by atoms with Crippen molar-refractivity contribution in [3.63, 3.8) is 0 Å². The van der Waals surface area contributed by atoms with Crippen molar-refractivity contribution in [3.8, 4) is 0 Å². The number of likely N-dealkylation sites (N-methyl/N-ethyl adjacent to an activating group) is 1. The highest BCUT2D eigenvalue weighted by Crippen LogP contribution is 2.27. The van der Waals surface area contributed by atoms with Crippen LogP contribution in [-0.4, -0.2) is 54.0 Å². The van der Waals surface area contributed by atoms with E-state index in [1.807, 2.05) is 7.05 Å². The molecular formula is C14H27N3O. The summed E-state index contributed by atoms with van der Waals surface area (Å²) in [5.41, 5.74) is 5.76. The second kappa shape index (κ2) is 6.02. The van der Waals surface area contributed by atoms with Gasteiger partial charge in [0.2, 0.25) is 5.91 Å². The summed E-state index contributed by atoms with van der Waals surface area (Å²) < 4.78 is 0. The highest BCUT2D eigenvalue weighted by Gasteiger charge is 2.39. The van der Waals surface area contributed by atoms with Crippen LogP contribution in [0.1, 0.15) is 45.4 Å². The Labute approximate surface area is 110 Å². The molecule has 1 amide bonds. The van der Waals surface area contributed by atoms with Crippen molar-refractivity contribution in [2.45, 2.75) is 63.6 Å². The highest BCUT2D eigenvalue weighted by atomic mass is 16.2. The summed E-state index contributed by atoms with van der Waals surface area (Å²) in [6.45, 7) is 3.56. The summed E-state index contributed by atoms with van der Waals surface area (Å²) in [6.07, 6.45) is 7.54. The minimum absolute atomic E-state index is 0.107. The van der Waals surface area contributed by atoms with Gasteiger partial charge in [0.1, 0.15) is 6.04 Å². The number of hydrogen-bond donors (Lipinski definition) is 1. The molecule has 2 aliphatic rings. The van der Waals surface area contributed by atoms with Crippen LogP contribution in [0.15, 0.2) is 0 Å². The number of hydrogen-bond acceptors (Lipinski definition) is 3. The molecule has 0 aromatic rings. The van der Waals surface area contributed by atoms with Crippen LogP contribution in [0.3, 0.4) is 0 Å². The number of carbonyl (C=O) groups is 1. The number of amides is 1. The van der Waals surface area contributed by atoms with Gasteiger partial charge in [-0.2, -0.15) is 0 Å². The third-order valence-electron chi connectivity index (χ3n) is 4.54. The Balaban J connectivity index is 2.11. The molecule has 0 aromatic carbocycles. The fourth-order valence-electron chi connectivity index (χ4n) is 3.57. The smallest absolute Gasteiger partial charge is 0.241 e. The van der Waals surface area contributed by atoms with Gasteiger partial charge >= 0.3 is 0 Å². The molecule has 1 aliphatic heterocycles. The topological polar surface area (TPSA) is 49.6 Å². The van der Waals surface area contributed by atoms with E-state index in [0.717, 1.165) is 6.54 Å². The van der Waals surface area contributed by atoms with Crippen LogP contribution < -0.4 is 5.73 Å². The van der Waals surface area contributed by atoms with E-state index in [0.29, 0.717) is 18.6 Å². The van der Waals surface area contributed by atoms with Crippen molar-refractivity contribution >= 4 is 5.91 Å². The Morgan fingerprint density at radius 2 is 1.83 bits per heavy atom. The van der Waals surface area contributed by atoms with E-state index < -0.39 is 0 Å². The Kier molecular flexibility index (Phi) is 4.62. The molecular weight excluding hydrogens is 226 g/mol. The van der Waals surface area contributed by atoms with Crippen molar-refractivity contribution in [2.75, 3.05) is 20.1 Å². The average Bonchev–Trinajstić information content (AvgIpc) is 2.58. The molecule has 0 radical (unpaired) electrons. The van der Waals surface area contributed by atoms with Crippen LogP contribution >= 0.6 is 0 Å². The minimum Gasteiger partial charge on any atom is -0.334 e. The number of nitrogens with two attached hydrogens (primary N) is 1. The SMILES string of the molecule is CC1CN(C)C(CN)C(=O)N1C1CCCCCC1. The van der Waals surface area contributed by atoms with Gasteiger partial charge in [-0.1, -0.05) is 25.7 Å². The van der Waals surface area contributed by atoms with Gasteiger partial charge in [-0.05, 0) is 26.8 Å². The molecule has 0 spiro atoms. The lowest BCUT2D eigenvalue weighted by Gasteiger charge is -2.46. The molecule has 1 saturated heterocycles. The lowest BCUT2D eigenvalue weighted by Crippen LogP contribution is -2.64. The molecule has 2 N–H and O–H groups in total. The minimum atomic E-state index is -0.107. The fraction of sp³-hybridized carbons (Fsp3) is 0.929. The summed E-state index contributed by atoms with van der Waals surface area (Å²) in [7, 11) is 2.01. The van der Waals surface area contributed by atoms with Gasteiger partial charge in [0.05, 0.1) is 0 Å². The molecule has 104 valence electrons. The van der Waals surface area contributed by atoms with Crippen LogP contribution in [0.2, 0.25) is 0 Å². The van der Waals surface area contributed by atoms with Gasteiger partial charge in [-0.15, -0.1) is 0 Å². The first-order valence-corrected chi connectivity index (χ1v) is 7.37. The number of piperazine rings is 1. The molecule has 0 aromatic heterocycles. The lowest BCUT2D eigenvalue weighted by molar-refractivity contribution is -0.147. The number of nitrogens with zero attached hydrogens (tertiary/aromatic N) is 2. The molecule has 2 rings (SSSR count). The third kappa shape index (κ3) is 2.69. The predicted octanol–water partition coefficient (Wildman–Crippen LogP) is 1.20. The van der Waals surface area contributed by atoms with Crippen molar-refractivity contribution in [2.24, 2.45) is 5.73 Å². The molecule has 1 aliphatic carbocycles. The van der Waals surface area contributed by atoms with E-state index in [-0.39, 0.29) is 11.9 Å². The maximum atomic E-state index is 12.6. The van der Waals surface area contributed by atoms with Gasteiger partial charge in [0.25, 0.3) is 0 Å². The summed E-state index contributed by atoms with van der Waals surface area (Å²) in [4.78, 5) is 16.9. The van der Waals surface area contributed by atoms with E-state index in [1.54, 1.807) is 0 Å². The summed E-state index contributed by atoms with van der Waals surface area (Å²) in [5.74, 6) is 0.255. The van der Waals surface area contributed by atoms with Crippen molar-refractivity contribution < 1.29 is 4.79 Å². The molecule has 0 bridgehead atoms. The van der Waals surface area contributed by atoms with Crippen LogP contribution in [0.5, 0.6) is 0 Å². The molecule has 2 atom stereocenters. The molecule has 18 heavy (non-hydrogen) atoms. The second-order valence-electron chi connectivity index (χ2n) is 5.93. The maximum absolute atomic E-state index is 12.6. The monoisotopic (exact) mass is 253 g/mol. The maximum Gasteiger partial charge on any atom is 0.241 e. The van der Waals surface area contributed by atoms with E-state index in [2.05, 4.69) is 16.7 Å². The predicted molar refractivity (Wildman–Crippen MR) is 73.3 cm³/mol. The number of rotatable bonds is 2. The van der Waals surface area contributed by atoms with Gasteiger partial charge < -0.3 is 10.6 Å². The number of carbonyl (C=O) groups excluding carboxylic acids is 1. The van der Waals surface area contributed by atoms with Crippen LogP contribution in [-0.2, 0) is 4.79 Å². The largest absolute Gasteiger partial charge is 0.334 e. The molecule has 2 unspecified atom stereocenters. The average molecular weight is 253 g/mol. The van der Waals surface area contributed by atoms with Crippen molar-refractivity contribution in [1.82, 2.24) is 9.80 Å². The quantitative estimate of drug-likeness (QED) is 0.752. The molecule has 2 fully saturated rings. The molecule has 1 saturated carbocycles. The standard InChI is InChI=1S/C14H27N3O/c1-11-10-16(2)13(9-15)14(18)17(11)12-7-5-3-4-6-8-12/h11-13H,3-10,15H2,1-2H3. The molecule has 4 nitrogen and oxygen atoms in total. The zero-order valence-corrected chi connectivity index (χ0v) is 11.8. The first-order chi connectivity index (χ1) is 8.65. The van der Waals surface area contributed by atoms with E-state index in [1.165, 1.54) is 38.5 Å². The summed E-state index contributed by atoms with van der Waals surface area (Å²) in [5, 5.41) is 0. The second-order valence-corrected chi connectivity index (χ2v) is 5.93. The first kappa shape index (κ1) is 13.8. The fourth-order valence-corrected chi connectivity index (χ4v) is 3.57. The normalized spacial score (nSPS) is 32.6. The van der Waals surface area contributed by atoms with Crippen molar-refractivity contribution in [1.29, 1.82) is 0 Å². The van der Waals surface area contributed by atoms with Crippen LogP contribution in [0.4, 0.5) is 0 Å². The third-order valence-corrected chi connectivity index (χ3v) is 4.54. The van der Waals surface area contributed by atoms with Crippen molar-refractivity contribution in [3.05, 3.63) is 0 Å². The van der Waals surface area contributed by atoms with Crippen LogP contribution in [0.25, 0.3) is 0 Å². The van der Waals surface area contributed by atoms with E-state index >= 15 is 0 Å². The zero-order chi connectivity index (χ0) is 13.1. The van der Waals surface area contributed by atoms with E-state index in [4.69, 9.17) is 5.73 Å². The van der Waals surface area contributed by atoms with Gasteiger partial charge in [0.15, 0.2) is 0 Å². The van der Waals surface area contributed by atoms with Gasteiger partial charge in [-0.3, -0.25) is 9.69 Å². The molecule has 1 heterocycles. The Hall–Kier alpha value is -0.610. The summed E-state index contributed by atoms with van der Waals surface area (Å²) in [6, 6.07) is 0.676. The lowest BCUT2D eigenvalue weighted by atomic mass is 9.99. The van der Waals surface area contributed by atoms with Gasteiger partial charge in [0, 0.05) is 25.2 Å². The Morgan fingerprint density at radius 3 is 2.39 bits per heavy atom. The molecule has 4 heteroatoms. The van der Waals surface area contributed by atoms with E-state index in [9.17, 15) is 4.79 Å². The first-order valence-electron chi connectivity index (χ1n) is 7.37. The highest BCUT2D eigenvalue weighted by molar-refractivity contribution is 5.83.